The summed E-state index contributed by atoms with van der Waals surface area (Å²) in [7, 11) is 0. The SMILES string of the molecule is Br.O=[N+]([O-])c1ccc(CSC2=NCCN2)cc1. The van der Waals surface area contributed by atoms with Gasteiger partial charge in [0.25, 0.3) is 5.69 Å². The number of nitrogens with one attached hydrogen (secondary N) is 1. The molecule has 1 N–H and O–H groups in total. The second-order valence-corrected chi connectivity index (χ2v) is 4.29. The lowest BCUT2D eigenvalue weighted by Crippen LogP contribution is -2.14. The Balaban J connectivity index is 0.00000144. The van der Waals surface area contributed by atoms with Gasteiger partial charge >= 0.3 is 0 Å². The Bertz CT molecular complexity index is 422. The summed E-state index contributed by atoms with van der Waals surface area (Å²) in [6, 6.07) is 6.61. The maximum Gasteiger partial charge on any atom is 0.269 e. The molecule has 0 aliphatic carbocycles. The molecule has 0 bridgehead atoms. The van der Waals surface area contributed by atoms with Crippen molar-refractivity contribution in [3.8, 4) is 0 Å². The van der Waals surface area contributed by atoms with Crippen LogP contribution in [0, 0.1) is 10.1 Å². The van der Waals surface area contributed by atoms with Gasteiger partial charge in [0.05, 0.1) is 11.5 Å². The molecular weight excluding hydrogens is 306 g/mol. The highest BCUT2D eigenvalue weighted by Crippen LogP contribution is 2.17. The fourth-order valence-electron chi connectivity index (χ4n) is 1.34. The van der Waals surface area contributed by atoms with E-state index in [4.69, 9.17) is 0 Å². The Labute approximate surface area is 114 Å². The highest BCUT2D eigenvalue weighted by Gasteiger charge is 2.07. The number of hydrogen-bond donors (Lipinski definition) is 1. The summed E-state index contributed by atoms with van der Waals surface area (Å²) >= 11 is 1.62. The fraction of sp³-hybridized carbons (Fsp3) is 0.300. The number of benzene rings is 1. The molecule has 1 aromatic carbocycles. The summed E-state index contributed by atoms with van der Waals surface area (Å²) in [6.07, 6.45) is 0. The van der Waals surface area contributed by atoms with Crippen molar-refractivity contribution in [3.63, 3.8) is 0 Å². The predicted octanol–water partition coefficient (Wildman–Crippen LogP) is 2.37. The minimum atomic E-state index is -0.389. The van der Waals surface area contributed by atoms with Gasteiger partial charge in [-0.15, -0.1) is 17.0 Å². The zero-order chi connectivity index (χ0) is 11.4. The third-order valence-corrected chi connectivity index (χ3v) is 3.19. The molecule has 1 aliphatic heterocycles. The zero-order valence-electron chi connectivity index (χ0n) is 8.96. The van der Waals surface area contributed by atoms with E-state index in [1.165, 1.54) is 12.1 Å². The highest BCUT2D eigenvalue weighted by molar-refractivity contribution is 8.93. The molecule has 5 nitrogen and oxygen atoms in total. The minimum Gasteiger partial charge on any atom is -0.363 e. The first-order chi connectivity index (χ1) is 7.75. The summed E-state index contributed by atoms with van der Waals surface area (Å²) in [4.78, 5) is 14.3. The Hall–Kier alpha value is -1.08. The third kappa shape index (κ3) is 4.01. The van der Waals surface area contributed by atoms with Crippen LogP contribution in [0.5, 0.6) is 0 Å². The second kappa shape index (κ2) is 6.61. The largest absolute Gasteiger partial charge is 0.363 e. The lowest BCUT2D eigenvalue weighted by molar-refractivity contribution is -0.384. The van der Waals surface area contributed by atoms with Crippen molar-refractivity contribution in [2.75, 3.05) is 13.1 Å². The van der Waals surface area contributed by atoms with Crippen LogP contribution in [0.25, 0.3) is 0 Å². The van der Waals surface area contributed by atoms with Crippen molar-refractivity contribution < 1.29 is 4.92 Å². The van der Waals surface area contributed by atoms with Crippen LogP contribution in [0.1, 0.15) is 5.56 Å². The van der Waals surface area contributed by atoms with Gasteiger partial charge in [-0.05, 0) is 5.56 Å². The zero-order valence-corrected chi connectivity index (χ0v) is 11.5. The molecule has 0 saturated heterocycles. The van der Waals surface area contributed by atoms with Crippen LogP contribution < -0.4 is 5.32 Å². The van der Waals surface area contributed by atoms with Crippen LogP contribution in [0.4, 0.5) is 5.69 Å². The van der Waals surface area contributed by atoms with E-state index in [0.29, 0.717) is 0 Å². The molecule has 0 amide bonds. The summed E-state index contributed by atoms with van der Waals surface area (Å²) in [5, 5.41) is 14.6. The average molecular weight is 318 g/mol. The first-order valence-electron chi connectivity index (χ1n) is 4.90. The second-order valence-electron chi connectivity index (χ2n) is 3.33. The minimum absolute atomic E-state index is 0. The molecule has 2 rings (SSSR count). The molecular formula is C10H12BrN3O2S. The number of nitro benzene ring substituents is 1. The van der Waals surface area contributed by atoms with E-state index in [0.717, 1.165) is 29.6 Å². The molecule has 1 heterocycles. The third-order valence-electron chi connectivity index (χ3n) is 2.17. The van der Waals surface area contributed by atoms with E-state index >= 15 is 0 Å². The number of amidine groups is 1. The van der Waals surface area contributed by atoms with Gasteiger partial charge in [-0.3, -0.25) is 15.1 Å². The molecule has 0 saturated carbocycles. The first kappa shape index (κ1) is 14.0. The van der Waals surface area contributed by atoms with E-state index in [1.807, 2.05) is 0 Å². The van der Waals surface area contributed by atoms with Crippen LogP contribution in [0.2, 0.25) is 0 Å². The number of thioether (sulfide) groups is 1. The van der Waals surface area contributed by atoms with Gasteiger partial charge in [0.15, 0.2) is 5.17 Å². The molecule has 1 aromatic rings. The summed E-state index contributed by atoms with van der Waals surface area (Å²) in [6.45, 7) is 1.74. The first-order valence-corrected chi connectivity index (χ1v) is 5.89. The quantitative estimate of drug-likeness (QED) is 0.686. The summed E-state index contributed by atoms with van der Waals surface area (Å²) < 4.78 is 0. The predicted molar refractivity (Wildman–Crippen MR) is 75.0 cm³/mol. The van der Waals surface area contributed by atoms with Gasteiger partial charge < -0.3 is 5.32 Å². The molecule has 7 heteroatoms. The number of hydrogen-bond acceptors (Lipinski definition) is 5. The van der Waals surface area contributed by atoms with Gasteiger partial charge in [0.2, 0.25) is 0 Å². The van der Waals surface area contributed by atoms with Crippen LogP contribution in [-0.4, -0.2) is 23.2 Å². The summed E-state index contributed by atoms with van der Waals surface area (Å²) in [5.74, 6) is 0.782. The van der Waals surface area contributed by atoms with Crippen molar-refractivity contribution in [2.45, 2.75) is 5.75 Å². The van der Waals surface area contributed by atoms with Crippen LogP contribution in [-0.2, 0) is 5.75 Å². The van der Waals surface area contributed by atoms with E-state index in [1.54, 1.807) is 23.9 Å². The number of nitro groups is 1. The number of aliphatic imine (C=N–C) groups is 1. The molecule has 1 aliphatic rings. The standard InChI is InChI=1S/C10H11N3O2S.BrH/c14-13(15)9-3-1-8(2-4-9)7-16-10-11-5-6-12-10;/h1-4H,5-7H2,(H,11,12);1H. The molecule has 0 radical (unpaired) electrons. The monoisotopic (exact) mass is 317 g/mol. The Kier molecular flexibility index (Phi) is 5.43. The average Bonchev–Trinajstić information content (AvgIpc) is 2.80. The van der Waals surface area contributed by atoms with E-state index < -0.39 is 0 Å². The van der Waals surface area contributed by atoms with Gasteiger partial charge in [0.1, 0.15) is 0 Å². The molecule has 0 fully saturated rings. The van der Waals surface area contributed by atoms with Gasteiger partial charge in [-0.2, -0.15) is 0 Å². The topological polar surface area (TPSA) is 67.5 Å². The molecule has 0 atom stereocenters. The molecule has 0 spiro atoms. The van der Waals surface area contributed by atoms with Crippen molar-refractivity contribution in [1.82, 2.24) is 5.32 Å². The van der Waals surface area contributed by atoms with E-state index in [2.05, 4.69) is 10.3 Å². The number of rotatable bonds is 3. The molecule has 17 heavy (non-hydrogen) atoms. The number of non-ortho nitro benzene ring substituents is 1. The number of halogens is 1. The maximum atomic E-state index is 10.5. The highest BCUT2D eigenvalue weighted by atomic mass is 79.9. The maximum absolute atomic E-state index is 10.5. The smallest absolute Gasteiger partial charge is 0.269 e. The van der Waals surface area contributed by atoms with Crippen molar-refractivity contribution in [1.29, 1.82) is 0 Å². The Morgan fingerprint density at radius 2 is 2.12 bits per heavy atom. The lowest BCUT2D eigenvalue weighted by atomic mass is 10.2. The van der Waals surface area contributed by atoms with Gasteiger partial charge in [0, 0.05) is 24.4 Å². The molecule has 92 valence electrons. The van der Waals surface area contributed by atoms with E-state index in [9.17, 15) is 10.1 Å². The van der Waals surface area contributed by atoms with Crippen LogP contribution in [0.15, 0.2) is 29.3 Å². The van der Waals surface area contributed by atoms with Gasteiger partial charge in [-0.25, -0.2) is 0 Å². The van der Waals surface area contributed by atoms with Crippen LogP contribution >= 0.6 is 28.7 Å². The van der Waals surface area contributed by atoms with Gasteiger partial charge in [-0.1, -0.05) is 23.9 Å². The summed E-state index contributed by atoms with van der Waals surface area (Å²) in [5.41, 5.74) is 1.19. The normalized spacial score (nSPS) is 13.5. The Morgan fingerprint density at radius 3 is 2.65 bits per heavy atom. The van der Waals surface area contributed by atoms with Crippen molar-refractivity contribution in [2.24, 2.45) is 4.99 Å². The molecule has 0 aromatic heterocycles. The Morgan fingerprint density at radius 1 is 1.41 bits per heavy atom. The lowest BCUT2D eigenvalue weighted by Gasteiger charge is -2.01. The van der Waals surface area contributed by atoms with Crippen molar-refractivity contribution in [3.05, 3.63) is 39.9 Å². The molecule has 0 unspecified atom stereocenters. The van der Waals surface area contributed by atoms with Crippen molar-refractivity contribution >= 4 is 39.6 Å². The number of nitrogens with zero attached hydrogens (tertiary/aromatic N) is 2. The van der Waals surface area contributed by atoms with E-state index in [-0.39, 0.29) is 27.6 Å². The van der Waals surface area contributed by atoms with Crippen LogP contribution in [0.3, 0.4) is 0 Å². The fourth-order valence-corrected chi connectivity index (χ4v) is 2.22.